The lowest BCUT2D eigenvalue weighted by Crippen LogP contribution is -2.27. The Hall–Kier alpha value is -2.65. The fourth-order valence-electron chi connectivity index (χ4n) is 2.66. The first-order chi connectivity index (χ1) is 13.2. The first-order valence-electron chi connectivity index (χ1n) is 8.86. The van der Waals surface area contributed by atoms with E-state index in [2.05, 4.69) is 4.72 Å². The van der Waals surface area contributed by atoms with Gasteiger partial charge in [0.1, 0.15) is 0 Å². The smallest absolute Gasteiger partial charge is 0.273 e. The second-order valence-electron chi connectivity index (χ2n) is 6.12. The van der Waals surface area contributed by atoms with Gasteiger partial charge in [0.05, 0.1) is 23.0 Å². The van der Waals surface area contributed by atoms with E-state index in [1.165, 1.54) is 12.1 Å². The quantitative estimate of drug-likeness (QED) is 0.500. The van der Waals surface area contributed by atoms with Gasteiger partial charge in [0.15, 0.2) is 11.5 Å². The van der Waals surface area contributed by atoms with Crippen molar-refractivity contribution >= 4 is 15.7 Å². The van der Waals surface area contributed by atoms with Crippen LogP contribution < -0.4 is 14.2 Å². The molecule has 152 valence electrons. The molecule has 28 heavy (non-hydrogen) atoms. The monoisotopic (exact) mass is 408 g/mol. The molecule has 0 amide bonds. The molecule has 0 radical (unpaired) electrons. The molecule has 2 aromatic carbocycles. The van der Waals surface area contributed by atoms with Crippen LogP contribution in [-0.4, -0.2) is 26.6 Å². The Bertz CT molecular complexity index is 959. The largest absolute Gasteiger partial charge is 0.490 e. The fraction of sp³-hybridized carbons (Fsp3) is 0.368. The molecule has 0 saturated heterocycles. The third kappa shape index (κ3) is 4.99. The minimum atomic E-state index is -3.95. The topological polar surface area (TPSA) is 108 Å². The second kappa shape index (κ2) is 9.03. The van der Waals surface area contributed by atoms with Crippen LogP contribution in [0.3, 0.4) is 0 Å². The van der Waals surface area contributed by atoms with Gasteiger partial charge in [0.2, 0.25) is 10.0 Å². The summed E-state index contributed by atoms with van der Waals surface area (Å²) < 4.78 is 39.0. The summed E-state index contributed by atoms with van der Waals surface area (Å²) in [7, 11) is -3.95. The second-order valence-corrected chi connectivity index (χ2v) is 7.83. The molecule has 0 heterocycles. The molecule has 1 N–H and O–H groups in total. The first-order valence-corrected chi connectivity index (χ1v) is 10.3. The van der Waals surface area contributed by atoms with E-state index in [-0.39, 0.29) is 10.6 Å². The van der Waals surface area contributed by atoms with Gasteiger partial charge in [-0.15, -0.1) is 0 Å². The van der Waals surface area contributed by atoms with Crippen molar-refractivity contribution in [2.24, 2.45) is 0 Å². The minimum Gasteiger partial charge on any atom is -0.490 e. The average molecular weight is 408 g/mol. The summed E-state index contributed by atoms with van der Waals surface area (Å²) in [5, 5.41) is 11.1. The highest BCUT2D eigenvalue weighted by atomic mass is 32.2. The van der Waals surface area contributed by atoms with Crippen molar-refractivity contribution in [3.8, 4) is 11.5 Å². The van der Waals surface area contributed by atoms with Crippen molar-refractivity contribution in [3.05, 3.63) is 57.6 Å². The molecule has 0 aromatic heterocycles. The lowest BCUT2D eigenvalue weighted by atomic mass is 10.1. The maximum atomic E-state index is 12.7. The van der Waals surface area contributed by atoms with Crippen molar-refractivity contribution in [2.45, 2.75) is 38.6 Å². The van der Waals surface area contributed by atoms with Crippen LogP contribution in [0, 0.1) is 17.0 Å². The predicted molar refractivity (Wildman–Crippen MR) is 105 cm³/mol. The summed E-state index contributed by atoms with van der Waals surface area (Å²) in [5.74, 6) is 1.11. The third-order valence-electron chi connectivity index (χ3n) is 4.09. The predicted octanol–water partition coefficient (Wildman–Crippen LogP) is 3.74. The number of hydrogen-bond donors (Lipinski definition) is 1. The zero-order chi connectivity index (χ0) is 20.9. The fourth-order valence-corrected chi connectivity index (χ4v) is 3.91. The summed E-state index contributed by atoms with van der Waals surface area (Å²) in [6, 6.07) is 8.44. The molecule has 2 rings (SSSR count). The molecule has 0 aliphatic carbocycles. The molecule has 0 aliphatic rings. The number of ether oxygens (including phenoxy) is 2. The van der Waals surface area contributed by atoms with Gasteiger partial charge in [0, 0.05) is 17.7 Å². The number of hydrogen-bond acceptors (Lipinski definition) is 6. The standard InChI is InChI=1S/C19H24N2O6S/c1-5-26-18-10-8-15(11-19(18)27-6-2)14(4)20-28(24,25)16-9-7-13(3)17(12-16)21(22)23/h7-12,14,20H,5-6H2,1-4H3. The van der Waals surface area contributed by atoms with E-state index in [9.17, 15) is 18.5 Å². The van der Waals surface area contributed by atoms with Gasteiger partial charge in [-0.1, -0.05) is 12.1 Å². The summed E-state index contributed by atoms with van der Waals surface area (Å²) in [5.41, 5.74) is 0.831. The number of nitro groups is 1. The van der Waals surface area contributed by atoms with Crippen LogP contribution in [0.1, 0.15) is 37.9 Å². The van der Waals surface area contributed by atoms with Crippen LogP contribution in [0.25, 0.3) is 0 Å². The van der Waals surface area contributed by atoms with E-state index in [1.807, 2.05) is 13.8 Å². The Balaban J connectivity index is 2.30. The first kappa shape index (κ1) is 21.6. The summed E-state index contributed by atoms with van der Waals surface area (Å²) in [6.07, 6.45) is 0. The minimum absolute atomic E-state index is 0.160. The molecule has 1 unspecified atom stereocenters. The SMILES string of the molecule is CCOc1ccc(C(C)NS(=O)(=O)c2ccc(C)c([N+](=O)[O-])c2)cc1OCC. The molecule has 2 aromatic rings. The molecule has 0 spiro atoms. The van der Waals surface area contributed by atoms with E-state index in [1.54, 1.807) is 32.0 Å². The zero-order valence-corrected chi connectivity index (χ0v) is 17.1. The van der Waals surface area contributed by atoms with E-state index in [4.69, 9.17) is 9.47 Å². The van der Waals surface area contributed by atoms with Crippen molar-refractivity contribution < 1.29 is 22.8 Å². The van der Waals surface area contributed by atoms with Gasteiger partial charge in [-0.2, -0.15) is 0 Å². The van der Waals surface area contributed by atoms with Crippen molar-refractivity contribution in [1.29, 1.82) is 0 Å². The van der Waals surface area contributed by atoms with Crippen LogP contribution in [-0.2, 0) is 10.0 Å². The van der Waals surface area contributed by atoms with Gasteiger partial charge >= 0.3 is 0 Å². The number of nitro benzene ring substituents is 1. The van der Waals surface area contributed by atoms with Crippen molar-refractivity contribution in [3.63, 3.8) is 0 Å². The maximum absolute atomic E-state index is 12.7. The lowest BCUT2D eigenvalue weighted by Gasteiger charge is -2.17. The molecule has 0 fully saturated rings. The highest BCUT2D eigenvalue weighted by Gasteiger charge is 2.23. The van der Waals surface area contributed by atoms with Crippen molar-refractivity contribution in [2.75, 3.05) is 13.2 Å². The molecule has 1 atom stereocenters. The molecular formula is C19H24N2O6S. The summed E-state index contributed by atoms with van der Waals surface area (Å²) in [6.45, 7) is 7.87. The number of nitrogens with one attached hydrogen (secondary N) is 1. The highest BCUT2D eigenvalue weighted by molar-refractivity contribution is 7.89. The summed E-state index contributed by atoms with van der Waals surface area (Å²) in [4.78, 5) is 10.3. The van der Waals surface area contributed by atoms with Crippen LogP contribution in [0.2, 0.25) is 0 Å². The number of aryl methyl sites for hydroxylation is 1. The normalized spacial score (nSPS) is 12.4. The Morgan fingerprint density at radius 1 is 1.07 bits per heavy atom. The van der Waals surface area contributed by atoms with Gasteiger partial charge in [-0.3, -0.25) is 10.1 Å². The average Bonchev–Trinajstić information content (AvgIpc) is 2.63. The summed E-state index contributed by atoms with van der Waals surface area (Å²) >= 11 is 0. The molecule has 0 bridgehead atoms. The maximum Gasteiger partial charge on any atom is 0.273 e. The van der Waals surface area contributed by atoms with E-state index in [0.29, 0.717) is 35.8 Å². The number of rotatable bonds is 9. The Morgan fingerprint density at radius 2 is 1.71 bits per heavy atom. The lowest BCUT2D eigenvalue weighted by molar-refractivity contribution is -0.385. The van der Waals surface area contributed by atoms with Crippen LogP contribution >= 0.6 is 0 Å². The van der Waals surface area contributed by atoms with Gasteiger partial charge < -0.3 is 9.47 Å². The number of benzene rings is 2. The van der Waals surface area contributed by atoms with Crippen molar-refractivity contribution in [1.82, 2.24) is 4.72 Å². The molecule has 8 nitrogen and oxygen atoms in total. The molecular weight excluding hydrogens is 384 g/mol. The Morgan fingerprint density at radius 3 is 2.32 bits per heavy atom. The Labute approximate surface area is 164 Å². The Kier molecular flexibility index (Phi) is 6.98. The highest BCUT2D eigenvalue weighted by Crippen LogP contribution is 2.31. The van der Waals surface area contributed by atoms with Gasteiger partial charge in [0.25, 0.3) is 5.69 Å². The molecule has 0 aliphatic heterocycles. The number of sulfonamides is 1. The van der Waals surface area contributed by atoms with Crippen LogP contribution in [0.15, 0.2) is 41.3 Å². The number of nitrogens with zero attached hydrogens (tertiary/aromatic N) is 1. The molecule has 9 heteroatoms. The van der Waals surface area contributed by atoms with E-state index < -0.39 is 21.0 Å². The van der Waals surface area contributed by atoms with Gasteiger partial charge in [-0.25, -0.2) is 13.1 Å². The van der Waals surface area contributed by atoms with E-state index in [0.717, 1.165) is 6.07 Å². The van der Waals surface area contributed by atoms with Crippen LogP contribution in [0.4, 0.5) is 5.69 Å². The van der Waals surface area contributed by atoms with Gasteiger partial charge in [-0.05, 0) is 51.5 Å². The van der Waals surface area contributed by atoms with E-state index >= 15 is 0 Å². The van der Waals surface area contributed by atoms with Crippen LogP contribution in [0.5, 0.6) is 11.5 Å². The molecule has 0 saturated carbocycles. The third-order valence-corrected chi connectivity index (χ3v) is 5.63. The zero-order valence-electron chi connectivity index (χ0n) is 16.3.